The van der Waals surface area contributed by atoms with Gasteiger partial charge >= 0.3 is 0 Å². The second-order valence-corrected chi connectivity index (χ2v) is 9.33. The van der Waals surface area contributed by atoms with E-state index < -0.39 is 9.84 Å². The van der Waals surface area contributed by atoms with Crippen LogP contribution in [0.25, 0.3) is 0 Å². The first-order valence-electron chi connectivity index (χ1n) is 8.97. The minimum Gasteiger partial charge on any atom is -0.376 e. The lowest BCUT2D eigenvalue weighted by molar-refractivity contribution is 0.113. The molecule has 3 fully saturated rings. The van der Waals surface area contributed by atoms with Crippen LogP contribution in [-0.4, -0.2) is 57.7 Å². The fourth-order valence-electron chi connectivity index (χ4n) is 3.67. The van der Waals surface area contributed by atoms with Crippen LogP contribution in [-0.2, 0) is 14.6 Å². The van der Waals surface area contributed by atoms with Gasteiger partial charge in [0, 0.05) is 25.7 Å². The molecule has 1 saturated carbocycles. The molecule has 2 heterocycles. The number of hydrogen-bond donors (Lipinski definition) is 2. The number of aliphatic imine (C=N–C) groups is 1. The topological polar surface area (TPSA) is 79.8 Å². The van der Waals surface area contributed by atoms with Gasteiger partial charge < -0.3 is 15.4 Å². The fourth-order valence-corrected chi connectivity index (χ4v) is 5.52. The summed E-state index contributed by atoms with van der Waals surface area (Å²) in [6.07, 6.45) is 8.19. The molecule has 0 aromatic heterocycles. The fraction of sp³-hybridized carbons (Fsp3) is 0.938. The molecule has 1 aliphatic carbocycles. The van der Waals surface area contributed by atoms with Gasteiger partial charge in [0.15, 0.2) is 15.8 Å². The Kier molecular flexibility index (Phi) is 5.80. The molecule has 2 atom stereocenters. The van der Waals surface area contributed by atoms with Crippen LogP contribution < -0.4 is 10.6 Å². The van der Waals surface area contributed by atoms with Crippen LogP contribution in [0.4, 0.5) is 0 Å². The van der Waals surface area contributed by atoms with E-state index in [1.165, 1.54) is 25.7 Å². The maximum absolute atomic E-state index is 11.6. The molecule has 132 valence electrons. The summed E-state index contributed by atoms with van der Waals surface area (Å²) >= 11 is 0. The zero-order chi connectivity index (χ0) is 16.1. The third kappa shape index (κ3) is 5.35. The molecule has 0 bridgehead atoms. The number of sulfone groups is 1. The average molecular weight is 343 g/mol. The Morgan fingerprint density at radius 3 is 2.61 bits per heavy atom. The Hall–Kier alpha value is -0.820. The summed E-state index contributed by atoms with van der Waals surface area (Å²) in [4.78, 5) is 4.67. The molecule has 6 nitrogen and oxygen atoms in total. The maximum atomic E-state index is 11.6. The molecular weight excluding hydrogens is 314 g/mol. The second kappa shape index (κ2) is 7.83. The summed E-state index contributed by atoms with van der Waals surface area (Å²) in [7, 11) is -2.82. The molecule has 2 aliphatic heterocycles. The Labute approximate surface area is 139 Å². The molecule has 7 heteroatoms. The standard InChI is InChI=1S/C16H29N3O3S/c20-23(21)9-7-13(12-23)10-17-16(19-14-4-1-2-5-14)18-11-15-6-3-8-22-15/h13-15H,1-12H2,(H2,17,18,19). The predicted octanol–water partition coefficient (Wildman–Crippen LogP) is 1.08. The van der Waals surface area contributed by atoms with Gasteiger partial charge in [0.2, 0.25) is 0 Å². The first-order valence-corrected chi connectivity index (χ1v) is 10.8. The molecule has 0 spiro atoms. The van der Waals surface area contributed by atoms with Gasteiger partial charge in [0.25, 0.3) is 0 Å². The van der Waals surface area contributed by atoms with E-state index in [2.05, 4.69) is 15.6 Å². The van der Waals surface area contributed by atoms with E-state index in [1.807, 2.05) is 0 Å². The van der Waals surface area contributed by atoms with Crippen molar-refractivity contribution >= 4 is 15.8 Å². The monoisotopic (exact) mass is 343 g/mol. The van der Waals surface area contributed by atoms with E-state index in [9.17, 15) is 8.42 Å². The van der Waals surface area contributed by atoms with Crippen LogP contribution in [0.15, 0.2) is 4.99 Å². The summed E-state index contributed by atoms with van der Waals surface area (Å²) in [6, 6.07) is 0.498. The summed E-state index contributed by atoms with van der Waals surface area (Å²) in [5.74, 6) is 1.61. The number of hydrogen-bond acceptors (Lipinski definition) is 4. The van der Waals surface area contributed by atoms with Crippen molar-refractivity contribution in [1.29, 1.82) is 0 Å². The van der Waals surface area contributed by atoms with Gasteiger partial charge in [-0.15, -0.1) is 0 Å². The molecule has 23 heavy (non-hydrogen) atoms. The zero-order valence-corrected chi connectivity index (χ0v) is 14.6. The maximum Gasteiger partial charge on any atom is 0.191 e. The SMILES string of the molecule is O=S1(=O)CCC(CN=C(NCC2CCCO2)NC2CCCC2)C1. The van der Waals surface area contributed by atoms with Crippen molar-refractivity contribution in [3.8, 4) is 0 Å². The summed E-state index contributed by atoms with van der Waals surface area (Å²) in [5.41, 5.74) is 0. The first-order chi connectivity index (χ1) is 11.1. The summed E-state index contributed by atoms with van der Waals surface area (Å²) < 4.78 is 28.8. The van der Waals surface area contributed by atoms with Crippen molar-refractivity contribution in [2.75, 3.05) is 31.2 Å². The second-order valence-electron chi connectivity index (χ2n) is 7.10. The molecule has 0 aromatic carbocycles. The van der Waals surface area contributed by atoms with Crippen molar-refractivity contribution < 1.29 is 13.2 Å². The molecule has 2 saturated heterocycles. The van der Waals surface area contributed by atoms with Crippen molar-refractivity contribution in [2.24, 2.45) is 10.9 Å². The molecule has 2 unspecified atom stereocenters. The number of nitrogens with one attached hydrogen (secondary N) is 2. The Morgan fingerprint density at radius 2 is 1.96 bits per heavy atom. The average Bonchev–Trinajstić information content (AvgIpc) is 3.24. The van der Waals surface area contributed by atoms with Crippen molar-refractivity contribution in [3.63, 3.8) is 0 Å². The largest absolute Gasteiger partial charge is 0.376 e. The summed E-state index contributed by atoms with van der Waals surface area (Å²) in [5, 5.41) is 6.92. The first kappa shape index (κ1) is 17.0. The number of guanidine groups is 1. The van der Waals surface area contributed by atoms with Crippen LogP contribution in [0.5, 0.6) is 0 Å². The van der Waals surface area contributed by atoms with E-state index in [1.54, 1.807) is 0 Å². The number of ether oxygens (including phenoxy) is 1. The van der Waals surface area contributed by atoms with Crippen LogP contribution in [0.2, 0.25) is 0 Å². The van der Waals surface area contributed by atoms with Gasteiger partial charge in [-0.1, -0.05) is 12.8 Å². The van der Waals surface area contributed by atoms with Crippen LogP contribution in [0, 0.1) is 5.92 Å². The van der Waals surface area contributed by atoms with E-state index in [-0.39, 0.29) is 12.0 Å². The van der Waals surface area contributed by atoms with Gasteiger partial charge in [-0.25, -0.2) is 8.42 Å². The van der Waals surface area contributed by atoms with Crippen molar-refractivity contribution in [3.05, 3.63) is 0 Å². The molecule has 3 rings (SSSR count). The Balaban J connectivity index is 1.53. The number of nitrogens with zero attached hydrogens (tertiary/aromatic N) is 1. The van der Waals surface area contributed by atoms with Gasteiger partial charge in [0.05, 0.1) is 17.6 Å². The molecule has 2 N–H and O–H groups in total. The quantitative estimate of drug-likeness (QED) is 0.577. The molecular formula is C16H29N3O3S. The Bertz CT molecular complexity index is 509. The van der Waals surface area contributed by atoms with Gasteiger partial charge in [-0.2, -0.15) is 0 Å². The zero-order valence-electron chi connectivity index (χ0n) is 13.8. The van der Waals surface area contributed by atoms with E-state index in [0.29, 0.717) is 24.1 Å². The van der Waals surface area contributed by atoms with Gasteiger partial charge in [-0.3, -0.25) is 4.99 Å². The molecule has 0 aromatic rings. The van der Waals surface area contributed by atoms with E-state index in [4.69, 9.17) is 4.74 Å². The highest BCUT2D eigenvalue weighted by Gasteiger charge is 2.28. The Morgan fingerprint density at radius 1 is 1.13 bits per heavy atom. The highest BCUT2D eigenvalue weighted by molar-refractivity contribution is 7.91. The molecule has 3 aliphatic rings. The lowest BCUT2D eigenvalue weighted by Gasteiger charge is -2.19. The predicted molar refractivity (Wildman–Crippen MR) is 91.4 cm³/mol. The van der Waals surface area contributed by atoms with Crippen LogP contribution in [0.1, 0.15) is 44.9 Å². The van der Waals surface area contributed by atoms with Crippen molar-refractivity contribution in [2.45, 2.75) is 57.1 Å². The highest BCUT2D eigenvalue weighted by Crippen LogP contribution is 2.19. The van der Waals surface area contributed by atoms with Crippen LogP contribution >= 0.6 is 0 Å². The van der Waals surface area contributed by atoms with Crippen molar-refractivity contribution in [1.82, 2.24) is 10.6 Å². The van der Waals surface area contributed by atoms with Crippen LogP contribution in [0.3, 0.4) is 0 Å². The lowest BCUT2D eigenvalue weighted by atomic mass is 10.1. The normalized spacial score (nSPS) is 31.6. The number of rotatable bonds is 5. The summed E-state index contributed by atoms with van der Waals surface area (Å²) in [6.45, 7) is 2.23. The smallest absolute Gasteiger partial charge is 0.191 e. The third-order valence-corrected chi connectivity index (χ3v) is 6.89. The molecule has 0 radical (unpaired) electrons. The van der Waals surface area contributed by atoms with E-state index >= 15 is 0 Å². The lowest BCUT2D eigenvalue weighted by Crippen LogP contribution is -2.45. The third-order valence-electron chi connectivity index (χ3n) is 5.05. The van der Waals surface area contributed by atoms with Gasteiger partial charge in [0.1, 0.15) is 0 Å². The van der Waals surface area contributed by atoms with Gasteiger partial charge in [-0.05, 0) is 38.0 Å². The molecule has 0 amide bonds. The van der Waals surface area contributed by atoms with E-state index in [0.717, 1.165) is 38.4 Å². The minimum absolute atomic E-state index is 0.171. The minimum atomic E-state index is -2.82. The highest BCUT2D eigenvalue weighted by atomic mass is 32.2.